The predicted octanol–water partition coefficient (Wildman–Crippen LogP) is 3.65. The number of aromatic nitrogens is 2. The van der Waals surface area contributed by atoms with Gasteiger partial charge in [-0.15, -0.1) is 0 Å². The first-order chi connectivity index (χ1) is 9.58. The van der Waals surface area contributed by atoms with E-state index in [1.807, 2.05) is 12.3 Å². The van der Waals surface area contributed by atoms with E-state index in [4.69, 9.17) is 0 Å². The SMILES string of the molecule is Cc1cc(C)c(C)c(-c2ncc3ccccc3[n+]2C)c1. The number of hydrogen-bond acceptors (Lipinski definition) is 1. The van der Waals surface area contributed by atoms with Crippen LogP contribution in [0.25, 0.3) is 22.3 Å². The Morgan fingerprint density at radius 3 is 2.55 bits per heavy atom. The first-order valence-corrected chi connectivity index (χ1v) is 6.90. The average Bonchev–Trinajstić information content (AvgIpc) is 2.44. The van der Waals surface area contributed by atoms with Crippen LogP contribution in [0, 0.1) is 20.8 Å². The van der Waals surface area contributed by atoms with E-state index in [-0.39, 0.29) is 0 Å². The third kappa shape index (κ3) is 1.97. The second kappa shape index (κ2) is 4.71. The largest absolute Gasteiger partial charge is 0.330 e. The van der Waals surface area contributed by atoms with E-state index >= 15 is 0 Å². The molecular weight excluding hydrogens is 244 g/mol. The summed E-state index contributed by atoms with van der Waals surface area (Å²) >= 11 is 0. The van der Waals surface area contributed by atoms with Crippen LogP contribution in [0.1, 0.15) is 16.7 Å². The minimum Gasteiger partial charge on any atom is -0.226 e. The molecule has 1 aromatic heterocycles. The molecule has 0 amide bonds. The lowest BCUT2D eigenvalue weighted by Crippen LogP contribution is -2.33. The summed E-state index contributed by atoms with van der Waals surface area (Å²) in [5.74, 6) is 1.02. The van der Waals surface area contributed by atoms with Gasteiger partial charge in [-0.3, -0.25) is 0 Å². The van der Waals surface area contributed by atoms with Gasteiger partial charge in [0.15, 0.2) is 6.20 Å². The minimum absolute atomic E-state index is 1.02. The third-order valence-electron chi connectivity index (χ3n) is 3.99. The van der Waals surface area contributed by atoms with Gasteiger partial charge in [-0.05, 0) is 60.6 Å². The van der Waals surface area contributed by atoms with Gasteiger partial charge in [0.1, 0.15) is 5.52 Å². The Kier molecular flexibility index (Phi) is 3.01. The van der Waals surface area contributed by atoms with Crippen molar-refractivity contribution >= 4 is 10.9 Å². The molecule has 0 fully saturated rings. The molecule has 3 rings (SSSR count). The molecule has 0 atom stereocenters. The van der Waals surface area contributed by atoms with Crippen LogP contribution in [0.15, 0.2) is 42.6 Å². The Morgan fingerprint density at radius 2 is 1.75 bits per heavy atom. The van der Waals surface area contributed by atoms with Crippen LogP contribution in [0.3, 0.4) is 0 Å². The second-order valence-electron chi connectivity index (χ2n) is 5.45. The Labute approximate surface area is 119 Å². The Bertz CT molecular complexity index is 804. The molecule has 20 heavy (non-hydrogen) atoms. The first kappa shape index (κ1) is 12.8. The topological polar surface area (TPSA) is 16.8 Å². The Morgan fingerprint density at radius 1 is 1.00 bits per heavy atom. The van der Waals surface area contributed by atoms with Crippen molar-refractivity contribution in [1.82, 2.24) is 4.98 Å². The summed E-state index contributed by atoms with van der Waals surface area (Å²) < 4.78 is 2.18. The number of rotatable bonds is 1. The van der Waals surface area contributed by atoms with Crippen LogP contribution in [0.4, 0.5) is 0 Å². The van der Waals surface area contributed by atoms with Crippen LogP contribution in [-0.4, -0.2) is 4.98 Å². The van der Waals surface area contributed by atoms with E-state index in [1.54, 1.807) is 0 Å². The fraction of sp³-hybridized carbons (Fsp3) is 0.222. The van der Waals surface area contributed by atoms with Gasteiger partial charge < -0.3 is 0 Å². The fourth-order valence-electron chi connectivity index (χ4n) is 2.76. The molecule has 0 spiro atoms. The number of hydrogen-bond donors (Lipinski definition) is 0. The third-order valence-corrected chi connectivity index (χ3v) is 3.99. The monoisotopic (exact) mass is 263 g/mol. The van der Waals surface area contributed by atoms with Gasteiger partial charge in [0.25, 0.3) is 0 Å². The van der Waals surface area contributed by atoms with Crippen molar-refractivity contribution in [3.05, 3.63) is 59.3 Å². The maximum absolute atomic E-state index is 4.68. The molecule has 3 aromatic rings. The van der Waals surface area contributed by atoms with E-state index in [0.717, 1.165) is 5.82 Å². The van der Waals surface area contributed by atoms with Crippen molar-refractivity contribution in [2.45, 2.75) is 20.8 Å². The summed E-state index contributed by atoms with van der Waals surface area (Å²) in [5, 5.41) is 1.17. The fourth-order valence-corrected chi connectivity index (χ4v) is 2.76. The predicted molar refractivity (Wildman–Crippen MR) is 82.6 cm³/mol. The molecule has 2 aromatic carbocycles. The summed E-state index contributed by atoms with van der Waals surface area (Å²) in [6, 6.07) is 12.8. The maximum atomic E-state index is 4.68. The zero-order valence-electron chi connectivity index (χ0n) is 12.4. The van der Waals surface area contributed by atoms with Crippen molar-refractivity contribution in [2.75, 3.05) is 0 Å². The van der Waals surface area contributed by atoms with Crippen LogP contribution in [0.2, 0.25) is 0 Å². The van der Waals surface area contributed by atoms with Gasteiger partial charge >= 0.3 is 5.82 Å². The summed E-state index contributed by atoms with van der Waals surface area (Å²) in [7, 11) is 2.09. The zero-order valence-corrected chi connectivity index (χ0v) is 12.4. The van der Waals surface area contributed by atoms with Crippen molar-refractivity contribution in [1.29, 1.82) is 0 Å². The highest BCUT2D eigenvalue weighted by Crippen LogP contribution is 2.24. The van der Waals surface area contributed by atoms with Gasteiger partial charge in [0.05, 0.1) is 18.0 Å². The second-order valence-corrected chi connectivity index (χ2v) is 5.45. The van der Waals surface area contributed by atoms with Gasteiger partial charge in [0.2, 0.25) is 0 Å². The van der Waals surface area contributed by atoms with Crippen molar-refractivity contribution in [2.24, 2.45) is 7.05 Å². The normalized spacial score (nSPS) is 11.0. The number of benzene rings is 2. The molecule has 0 radical (unpaired) electrons. The van der Waals surface area contributed by atoms with Crippen LogP contribution >= 0.6 is 0 Å². The zero-order chi connectivity index (χ0) is 14.3. The van der Waals surface area contributed by atoms with Crippen LogP contribution in [0.5, 0.6) is 0 Å². The number of aryl methyl sites for hydroxylation is 3. The van der Waals surface area contributed by atoms with Gasteiger partial charge in [-0.25, -0.2) is 4.57 Å². The highest BCUT2D eigenvalue weighted by atomic mass is 15.0. The molecule has 0 unspecified atom stereocenters. The highest BCUT2D eigenvalue weighted by Gasteiger charge is 2.18. The molecule has 100 valence electrons. The molecule has 1 heterocycles. The lowest BCUT2D eigenvalue weighted by Gasteiger charge is -2.09. The average molecular weight is 263 g/mol. The molecule has 0 saturated carbocycles. The molecule has 2 nitrogen and oxygen atoms in total. The van der Waals surface area contributed by atoms with E-state index in [9.17, 15) is 0 Å². The lowest BCUT2D eigenvalue weighted by molar-refractivity contribution is -0.636. The van der Waals surface area contributed by atoms with Crippen molar-refractivity contribution < 1.29 is 4.57 Å². The van der Waals surface area contributed by atoms with Gasteiger partial charge in [-0.2, -0.15) is 0 Å². The van der Waals surface area contributed by atoms with E-state index in [2.05, 4.69) is 67.7 Å². The molecule has 2 heteroatoms. The van der Waals surface area contributed by atoms with E-state index in [1.165, 1.54) is 33.2 Å². The molecule has 0 aliphatic rings. The smallest absolute Gasteiger partial charge is 0.226 e. The molecular formula is C18H19N2+. The number of fused-ring (bicyclic) bond motifs is 1. The Hall–Kier alpha value is -2.22. The standard InChI is InChI=1S/C18H19N2/c1-12-9-13(2)14(3)16(10-12)18-19-11-15-7-5-6-8-17(15)20(18)4/h5-11H,1-4H3/q+1. The number of nitrogens with zero attached hydrogens (tertiary/aromatic N) is 2. The van der Waals surface area contributed by atoms with Crippen molar-refractivity contribution in [3.8, 4) is 11.4 Å². The van der Waals surface area contributed by atoms with Crippen LogP contribution < -0.4 is 4.57 Å². The summed E-state index contributed by atoms with van der Waals surface area (Å²) in [6.45, 7) is 6.46. The highest BCUT2D eigenvalue weighted by molar-refractivity contribution is 5.76. The van der Waals surface area contributed by atoms with Gasteiger partial charge in [-0.1, -0.05) is 18.2 Å². The summed E-state index contributed by atoms with van der Waals surface area (Å²) in [4.78, 5) is 4.68. The maximum Gasteiger partial charge on any atom is 0.330 e. The molecule has 0 N–H and O–H groups in total. The van der Waals surface area contributed by atoms with E-state index < -0.39 is 0 Å². The molecule has 0 saturated heterocycles. The Balaban J connectivity index is 2.33. The molecule has 0 aliphatic heterocycles. The lowest BCUT2D eigenvalue weighted by atomic mass is 9.99. The van der Waals surface area contributed by atoms with Crippen LogP contribution in [-0.2, 0) is 7.05 Å². The molecule has 0 aliphatic carbocycles. The summed E-state index contributed by atoms with van der Waals surface area (Å²) in [5.41, 5.74) is 6.31. The van der Waals surface area contributed by atoms with E-state index in [0.29, 0.717) is 0 Å². The minimum atomic E-state index is 1.02. The summed E-state index contributed by atoms with van der Waals surface area (Å²) in [6.07, 6.45) is 1.96. The molecule has 0 bridgehead atoms. The van der Waals surface area contributed by atoms with Gasteiger partial charge in [0, 0.05) is 0 Å². The first-order valence-electron chi connectivity index (χ1n) is 6.90. The quantitative estimate of drug-likeness (QED) is 0.612. The number of para-hydroxylation sites is 1. The van der Waals surface area contributed by atoms with Crippen molar-refractivity contribution in [3.63, 3.8) is 0 Å².